The van der Waals surface area contributed by atoms with Crippen molar-refractivity contribution in [2.24, 2.45) is 0 Å². The number of hydrogen-bond donors (Lipinski definition) is 0. The van der Waals surface area contributed by atoms with Crippen LogP contribution in [-0.2, 0) is 6.18 Å². The second-order valence-electron chi connectivity index (χ2n) is 14.9. The highest BCUT2D eigenvalue weighted by Gasteiger charge is 2.32. The summed E-state index contributed by atoms with van der Waals surface area (Å²) in [6, 6.07) is 57.8. The first-order chi connectivity index (χ1) is 30.2. The molecule has 0 atom stereocenters. The van der Waals surface area contributed by atoms with Crippen molar-refractivity contribution in [1.82, 2.24) is 9.13 Å². The van der Waals surface area contributed by atoms with E-state index in [1.807, 2.05) is 130 Å². The van der Waals surface area contributed by atoms with Crippen molar-refractivity contribution in [2.75, 3.05) is 0 Å². The van der Waals surface area contributed by atoms with Crippen LogP contribution in [0.4, 0.5) is 13.2 Å². The summed E-state index contributed by atoms with van der Waals surface area (Å²) in [6.07, 6.45) is -4.68. The first-order valence-electron chi connectivity index (χ1n) is 19.5. The van der Waals surface area contributed by atoms with Gasteiger partial charge in [-0.15, -0.1) is 0 Å². The number of rotatable bonds is 5. The van der Waals surface area contributed by atoms with Crippen molar-refractivity contribution in [2.45, 2.75) is 6.18 Å². The van der Waals surface area contributed by atoms with Crippen molar-refractivity contribution in [3.05, 3.63) is 192 Å². The number of fused-ring (bicyclic) bond motifs is 6. The van der Waals surface area contributed by atoms with Gasteiger partial charge in [-0.3, -0.25) is 0 Å². The van der Waals surface area contributed by atoms with Crippen molar-refractivity contribution in [1.29, 1.82) is 21.0 Å². The number of nitrogens with zero attached hydrogens (tertiary/aromatic N) is 6. The Kier molecular flexibility index (Phi) is 8.70. The van der Waals surface area contributed by atoms with E-state index in [0.717, 1.165) is 78.0 Å². The smallest absolute Gasteiger partial charge is 0.309 e. The maximum absolute atomic E-state index is 14.1. The summed E-state index contributed by atoms with van der Waals surface area (Å²) in [4.78, 5) is 0. The summed E-state index contributed by atoms with van der Waals surface area (Å²) >= 11 is 0. The molecule has 0 saturated heterocycles. The molecule has 9 heteroatoms. The fraction of sp³-hybridized carbons (Fsp3) is 0.0189. The summed E-state index contributed by atoms with van der Waals surface area (Å²) in [5, 5.41) is 44.3. The minimum Gasteiger partial charge on any atom is -0.309 e. The molecule has 0 amide bonds. The summed E-state index contributed by atoms with van der Waals surface area (Å²) in [5.41, 5.74) is 8.50. The Morgan fingerprint density at radius 2 is 0.871 bits per heavy atom. The number of hydrogen-bond acceptors (Lipinski definition) is 4. The summed E-state index contributed by atoms with van der Waals surface area (Å²) in [5.74, 6) is 0. The Bertz CT molecular complexity index is 3690. The number of para-hydroxylation sites is 2. The zero-order chi connectivity index (χ0) is 42.7. The first-order valence-corrected chi connectivity index (χ1v) is 19.5. The fourth-order valence-electron chi connectivity index (χ4n) is 8.66. The summed E-state index contributed by atoms with van der Waals surface area (Å²) in [6.45, 7) is 0. The van der Waals surface area contributed by atoms with Crippen LogP contribution in [0, 0.1) is 45.3 Å². The van der Waals surface area contributed by atoms with Gasteiger partial charge in [0, 0.05) is 32.7 Å². The van der Waals surface area contributed by atoms with E-state index in [2.05, 4.69) is 24.3 Å². The molecule has 0 aliphatic heterocycles. The van der Waals surface area contributed by atoms with Crippen LogP contribution in [0.5, 0.6) is 0 Å². The average Bonchev–Trinajstić information content (AvgIpc) is 3.82. The lowest BCUT2D eigenvalue weighted by Gasteiger charge is -2.20. The molecule has 0 N–H and O–H groups in total. The molecule has 0 aliphatic rings. The zero-order valence-corrected chi connectivity index (χ0v) is 32.4. The molecular weight excluding hydrogens is 778 g/mol. The van der Waals surface area contributed by atoms with Gasteiger partial charge in [0.1, 0.15) is 6.07 Å². The standard InChI is InChI=1S/C53H27F3N6/c54-53(55,56)40-17-18-41(38(23-40)30-59)46-27-51(61-47-13-3-1-11-42(47)44-24-36(15-19-49(44)61)34-9-5-7-32(21-34)28-57)39(31-60)26-52(46)62-48-14-4-2-12-43(48)45-25-37(16-20-50(45)62)35-10-6-8-33(22-35)29-58/h1-27H. The number of benzene rings is 8. The van der Waals surface area contributed by atoms with E-state index in [-0.39, 0.29) is 11.1 Å². The predicted octanol–water partition coefficient (Wildman–Crippen LogP) is 13.4. The third-order valence-electron chi connectivity index (χ3n) is 11.5. The maximum atomic E-state index is 14.1. The van der Waals surface area contributed by atoms with Crippen LogP contribution in [0.2, 0.25) is 0 Å². The minimum absolute atomic E-state index is 0.177. The SMILES string of the molecule is N#Cc1cccc(-c2ccc3c(c2)c2ccccc2n3-c2cc(-c3ccc(C(F)(F)F)cc3C#N)c(-n3c4ccccc4c4cc(-c5cccc(C#N)c5)ccc43)cc2C#N)c1. The van der Waals surface area contributed by atoms with Crippen molar-refractivity contribution < 1.29 is 13.2 Å². The van der Waals surface area contributed by atoms with Crippen LogP contribution in [0.25, 0.3) is 88.4 Å². The van der Waals surface area contributed by atoms with Crippen molar-refractivity contribution in [3.8, 4) is 69.0 Å². The zero-order valence-electron chi connectivity index (χ0n) is 32.4. The molecule has 0 saturated carbocycles. The molecule has 0 radical (unpaired) electrons. The van der Waals surface area contributed by atoms with E-state index in [9.17, 15) is 34.2 Å². The molecule has 62 heavy (non-hydrogen) atoms. The molecule has 10 aromatic rings. The molecule has 0 fully saturated rings. The fourth-order valence-corrected chi connectivity index (χ4v) is 8.66. The minimum atomic E-state index is -4.68. The van der Waals surface area contributed by atoms with Gasteiger partial charge in [-0.25, -0.2) is 0 Å². The van der Waals surface area contributed by atoms with Crippen LogP contribution in [0.15, 0.2) is 164 Å². The molecule has 6 nitrogen and oxygen atoms in total. The van der Waals surface area contributed by atoms with Gasteiger partial charge in [-0.1, -0.05) is 78.9 Å². The number of nitriles is 4. The number of halogens is 3. The van der Waals surface area contributed by atoms with Crippen molar-refractivity contribution in [3.63, 3.8) is 0 Å². The maximum Gasteiger partial charge on any atom is 0.416 e. The van der Waals surface area contributed by atoms with Gasteiger partial charge in [0.15, 0.2) is 0 Å². The lowest BCUT2D eigenvalue weighted by Crippen LogP contribution is -2.07. The predicted molar refractivity (Wildman–Crippen MR) is 235 cm³/mol. The van der Waals surface area contributed by atoms with Crippen LogP contribution >= 0.6 is 0 Å². The third-order valence-corrected chi connectivity index (χ3v) is 11.5. The molecular formula is C53H27F3N6. The lowest BCUT2D eigenvalue weighted by atomic mass is 9.94. The van der Waals surface area contributed by atoms with E-state index in [0.29, 0.717) is 33.6 Å². The number of aromatic nitrogens is 2. The van der Waals surface area contributed by atoms with Gasteiger partial charge in [0.2, 0.25) is 0 Å². The third kappa shape index (κ3) is 6.01. The van der Waals surface area contributed by atoms with Crippen LogP contribution in [0.1, 0.15) is 27.8 Å². The molecule has 290 valence electrons. The topological polar surface area (TPSA) is 105 Å². The highest BCUT2D eigenvalue weighted by molar-refractivity contribution is 6.12. The van der Waals surface area contributed by atoms with E-state index in [1.54, 1.807) is 24.3 Å². The first kappa shape index (κ1) is 37.4. The van der Waals surface area contributed by atoms with Crippen LogP contribution < -0.4 is 0 Å². The van der Waals surface area contributed by atoms with Gasteiger partial charge in [0.05, 0.1) is 79.5 Å². The number of alkyl halides is 3. The van der Waals surface area contributed by atoms with Crippen LogP contribution in [-0.4, -0.2) is 9.13 Å². The summed E-state index contributed by atoms with van der Waals surface area (Å²) < 4.78 is 46.3. The Hall–Kier alpha value is -8.89. The Labute approximate surface area is 352 Å². The Balaban J connectivity index is 1.28. The van der Waals surface area contributed by atoms with E-state index in [1.165, 1.54) is 6.07 Å². The van der Waals surface area contributed by atoms with Gasteiger partial charge in [-0.05, 0) is 107 Å². The molecule has 0 spiro atoms. The molecule has 2 aromatic heterocycles. The van der Waals surface area contributed by atoms with Gasteiger partial charge in [-0.2, -0.15) is 34.2 Å². The Morgan fingerprint density at radius 3 is 1.39 bits per heavy atom. The summed E-state index contributed by atoms with van der Waals surface area (Å²) in [7, 11) is 0. The van der Waals surface area contributed by atoms with E-state index < -0.39 is 11.7 Å². The van der Waals surface area contributed by atoms with Crippen molar-refractivity contribution >= 4 is 43.6 Å². The lowest BCUT2D eigenvalue weighted by molar-refractivity contribution is -0.137. The van der Waals surface area contributed by atoms with E-state index in [4.69, 9.17) is 0 Å². The molecule has 0 unspecified atom stereocenters. The largest absolute Gasteiger partial charge is 0.416 e. The second kappa shape index (κ2) is 14.4. The monoisotopic (exact) mass is 804 g/mol. The van der Waals surface area contributed by atoms with Gasteiger partial charge < -0.3 is 9.13 Å². The normalized spacial score (nSPS) is 11.4. The van der Waals surface area contributed by atoms with Gasteiger partial charge >= 0.3 is 6.18 Å². The second-order valence-corrected chi connectivity index (χ2v) is 14.9. The molecule has 0 bridgehead atoms. The quantitative estimate of drug-likeness (QED) is 0.173. The van der Waals surface area contributed by atoms with Gasteiger partial charge in [0.25, 0.3) is 0 Å². The molecule has 0 aliphatic carbocycles. The molecule has 2 heterocycles. The highest BCUT2D eigenvalue weighted by atomic mass is 19.4. The molecule has 10 rings (SSSR count). The van der Waals surface area contributed by atoms with E-state index >= 15 is 0 Å². The van der Waals surface area contributed by atoms with Crippen LogP contribution in [0.3, 0.4) is 0 Å². The average molecular weight is 805 g/mol. The molecule has 8 aromatic carbocycles. The Morgan fingerprint density at radius 1 is 0.371 bits per heavy atom. The highest BCUT2D eigenvalue weighted by Crippen LogP contribution is 2.43.